The first-order chi connectivity index (χ1) is 14.1. The van der Waals surface area contributed by atoms with Gasteiger partial charge in [-0.15, -0.1) is 0 Å². The SMILES string of the molecule is CCCCCCOC(=O)/C=C/c1cc(CC)c(CCCCCC)c(CC)c1OC. The van der Waals surface area contributed by atoms with E-state index in [4.69, 9.17) is 9.47 Å². The van der Waals surface area contributed by atoms with Gasteiger partial charge in [-0.2, -0.15) is 0 Å². The summed E-state index contributed by atoms with van der Waals surface area (Å²) in [6.07, 6.45) is 15.9. The molecular weight excluding hydrogens is 360 g/mol. The molecule has 1 aromatic rings. The van der Waals surface area contributed by atoms with Gasteiger partial charge in [0.2, 0.25) is 0 Å². The third kappa shape index (κ3) is 8.64. The van der Waals surface area contributed by atoms with Crippen LogP contribution in [0.3, 0.4) is 0 Å². The lowest BCUT2D eigenvalue weighted by molar-refractivity contribution is -0.137. The zero-order chi connectivity index (χ0) is 21.5. The zero-order valence-electron chi connectivity index (χ0n) is 19.4. The van der Waals surface area contributed by atoms with E-state index >= 15 is 0 Å². The van der Waals surface area contributed by atoms with Gasteiger partial charge in [0.05, 0.1) is 13.7 Å². The number of aryl methyl sites for hydroxylation is 1. The van der Waals surface area contributed by atoms with Crippen molar-refractivity contribution in [3.63, 3.8) is 0 Å². The van der Waals surface area contributed by atoms with Crippen molar-refractivity contribution >= 4 is 12.0 Å². The van der Waals surface area contributed by atoms with Crippen molar-refractivity contribution in [2.24, 2.45) is 0 Å². The predicted molar refractivity (Wildman–Crippen MR) is 124 cm³/mol. The molecule has 0 aliphatic carbocycles. The van der Waals surface area contributed by atoms with Crippen molar-refractivity contribution in [3.8, 4) is 5.75 Å². The van der Waals surface area contributed by atoms with Crippen molar-refractivity contribution in [3.05, 3.63) is 34.4 Å². The lowest BCUT2D eigenvalue weighted by atomic mass is 9.89. The molecule has 0 amide bonds. The molecule has 0 aromatic heterocycles. The van der Waals surface area contributed by atoms with Crippen LogP contribution in [0.4, 0.5) is 0 Å². The van der Waals surface area contributed by atoms with Crippen LogP contribution in [0.1, 0.15) is 101 Å². The summed E-state index contributed by atoms with van der Waals surface area (Å²) in [5.74, 6) is 0.630. The van der Waals surface area contributed by atoms with Crippen molar-refractivity contribution < 1.29 is 14.3 Å². The Balaban J connectivity index is 2.95. The molecule has 29 heavy (non-hydrogen) atoms. The second-order valence-electron chi connectivity index (χ2n) is 7.69. The number of rotatable bonds is 15. The summed E-state index contributed by atoms with van der Waals surface area (Å²) < 4.78 is 11.1. The van der Waals surface area contributed by atoms with Crippen LogP contribution in [0.2, 0.25) is 0 Å². The topological polar surface area (TPSA) is 35.5 Å². The molecule has 0 heterocycles. The Labute approximate surface area is 178 Å². The molecule has 0 aliphatic rings. The van der Waals surface area contributed by atoms with E-state index in [1.807, 2.05) is 6.08 Å². The largest absolute Gasteiger partial charge is 0.496 e. The van der Waals surface area contributed by atoms with Gasteiger partial charge in [-0.3, -0.25) is 0 Å². The average molecular weight is 403 g/mol. The highest BCUT2D eigenvalue weighted by molar-refractivity contribution is 5.88. The van der Waals surface area contributed by atoms with Crippen molar-refractivity contribution in [1.82, 2.24) is 0 Å². The van der Waals surface area contributed by atoms with E-state index in [0.717, 1.165) is 43.4 Å². The lowest BCUT2D eigenvalue weighted by Crippen LogP contribution is -2.05. The minimum absolute atomic E-state index is 0.275. The normalized spacial score (nSPS) is 11.2. The van der Waals surface area contributed by atoms with Crippen LogP contribution in [-0.2, 0) is 28.8 Å². The van der Waals surface area contributed by atoms with Crippen LogP contribution in [0.25, 0.3) is 6.08 Å². The smallest absolute Gasteiger partial charge is 0.330 e. The Bertz CT molecular complexity index is 631. The second kappa shape index (κ2) is 15.1. The number of carbonyl (C=O) groups is 1. The molecule has 0 saturated carbocycles. The fourth-order valence-electron chi connectivity index (χ4n) is 3.85. The molecule has 3 nitrogen and oxygen atoms in total. The van der Waals surface area contributed by atoms with E-state index in [1.165, 1.54) is 61.3 Å². The highest BCUT2D eigenvalue weighted by atomic mass is 16.5. The van der Waals surface area contributed by atoms with Gasteiger partial charge < -0.3 is 9.47 Å². The minimum atomic E-state index is -0.275. The lowest BCUT2D eigenvalue weighted by Gasteiger charge is -2.19. The van der Waals surface area contributed by atoms with Gasteiger partial charge in [0.25, 0.3) is 0 Å². The second-order valence-corrected chi connectivity index (χ2v) is 7.69. The van der Waals surface area contributed by atoms with Gasteiger partial charge in [0.1, 0.15) is 5.75 Å². The Morgan fingerprint density at radius 2 is 1.59 bits per heavy atom. The van der Waals surface area contributed by atoms with Gasteiger partial charge in [0, 0.05) is 11.6 Å². The number of unbranched alkanes of at least 4 members (excludes halogenated alkanes) is 6. The van der Waals surface area contributed by atoms with Gasteiger partial charge in [-0.1, -0.05) is 66.2 Å². The molecule has 0 fully saturated rings. The van der Waals surface area contributed by atoms with Crippen molar-refractivity contribution in [2.45, 2.75) is 98.3 Å². The third-order valence-corrected chi connectivity index (χ3v) is 5.48. The van der Waals surface area contributed by atoms with E-state index in [-0.39, 0.29) is 5.97 Å². The molecule has 164 valence electrons. The number of methoxy groups -OCH3 is 1. The monoisotopic (exact) mass is 402 g/mol. The summed E-state index contributed by atoms with van der Waals surface area (Å²) in [5.41, 5.74) is 5.07. The molecule has 1 aromatic carbocycles. The molecule has 3 heteroatoms. The Hall–Kier alpha value is -1.77. The molecule has 0 spiro atoms. The number of esters is 1. The maximum absolute atomic E-state index is 12.1. The van der Waals surface area contributed by atoms with Gasteiger partial charge in [-0.25, -0.2) is 4.79 Å². The molecule has 0 N–H and O–H groups in total. The van der Waals surface area contributed by atoms with E-state index < -0.39 is 0 Å². The molecule has 0 atom stereocenters. The summed E-state index contributed by atoms with van der Waals surface area (Å²) in [7, 11) is 1.73. The number of hydrogen-bond donors (Lipinski definition) is 0. The van der Waals surface area contributed by atoms with Crippen LogP contribution in [0.15, 0.2) is 12.1 Å². The summed E-state index contributed by atoms with van der Waals surface area (Å²) in [5, 5.41) is 0. The van der Waals surface area contributed by atoms with E-state index in [9.17, 15) is 4.79 Å². The molecule has 0 aliphatic heterocycles. The summed E-state index contributed by atoms with van der Waals surface area (Å²) in [6.45, 7) is 9.31. The number of hydrogen-bond acceptors (Lipinski definition) is 3. The number of benzene rings is 1. The van der Waals surface area contributed by atoms with Gasteiger partial charge in [-0.05, 0) is 60.9 Å². The first-order valence-corrected chi connectivity index (χ1v) is 11.7. The van der Waals surface area contributed by atoms with Crippen LogP contribution >= 0.6 is 0 Å². The average Bonchev–Trinajstić information content (AvgIpc) is 2.74. The first-order valence-electron chi connectivity index (χ1n) is 11.7. The third-order valence-electron chi connectivity index (χ3n) is 5.48. The molecule has 0 saturated heterocycles. The fourth-order valence-corrected chi connectivity index (χ4v) is 3.85. The van der Waals surface area contributed by atoms with Crippen LogP contribution in [0.5, 0.6) is 5.75 Å². The molecule has 1 rings (SSSR count). The summed E-state index contributed by atoms with van der Waals surface area (Å²) in [4.78, 5) is 12.1. The maximum Gasteiger partial charge on any atom is 0.330 e. The molecule has 0 unspecified atom stereocenters. The fraction of sp³-hybridized carbons (Fsp3) is 0.654. The highest BCUT2D eigenvalue weighted by Crippen LogP contribution is 2.33. The quantitative estimate of drug-likeness (QED) is 0.179. The van der Waals surface area contributed by atoms with Gasteiger partial charge in [0.15, 0.2) is 0 Å². The van der Waals surface area contributed by atoms with Crippen molar-refractivity contribution in [2.75, 3.05) is 13.7 Å². The Kier molecular flexibility index (Phi) is 13.2. The molecule has 0 bridgehead atoms. The van der Waals surface area contributed by atoms with E-state index in [0.29, 0.717) is 6.61 Å². The zero-order valence-corrected chi connectivity index (χ0v) is 19.4. The Morgan fingerprint density at radius 1 is 0.897 bits per heavy atom. The number of ether oxygens (including phenoxy) is 2. The maximum atomic E-state index is 12.1. The molecule has 0 radical (unpaired) electrons. The van der Waals surface area contributed by atoms with Crippen LogP contribution in [0, 0.1) is 0 Å². The van der Waals surface area contributed by atoms with E-state index in [1.54, 1.807) is 7.11 Å². The molecular formula is C26H42O3. The standard InChI is InChI=1S/C26H42O3/c1-6-10-12-14-16-24-21(8-3)20-22(26(28-5)23(24)9-4)17-18-25(27)29-19-15-13-11-7-2/h17-18,20H,6-16,19H2,1-5H3/b18-17+. The van der Waals surface area contributed by atoms with Crippen LogP contribution in [-0.4, -0.2) is 19.7 Å². The number of carbonyl (C=O) groups excluding carboxylic acids is 1. The van der Waals surface area contributed by atoms with Gasteiger partial charge >= 0.3 is 5.97 Å². The summed E-state index contributed by atoms with van der Waals surface area (Å²) >= 11 is 0. The highest BCUT2D eigenvalue weighted by Gasteiger charge is 2.16. The predicted octanol–water partition coefficient (Wildman–Crippen LogP) is 7.08. The van der Waals surface area contributed by atoms with Crippen molar-refractivity contribution in [1.29, 1.82) is 0 Å². The summed E-state index contributed by atoms with van der Waals surface area (Å²) in [6, 6.07) is 2.19. The van der Waals surface area contributed by atoms with E-state index in [2.05, 4.69) is 33.8 Å². The minimum Gasteiger partial charge on any atom is -0.496 e. The Morgan fingerprint density at radius 3 is 2.17 bits per heavy atom. The van der Waals surface area contributed by atoms with Crippen LogP contribution < -0.4 is 4.74 Å². The first kappa shape index (κ1) is 25.3.